The Hall–Kier alpha value is -3.35. The van der Waals surface area contributed by atoms with Crippen LogP contribution in [0.25, 0.3) is 0 Å². The number of carbonyl (C=O) groups excluding carboxylic acids is 3. The summed E-state index contributed by atoms with van der Waals surface area (Å²) in [4.78, 5) is 37.4. The maximum absolute atomic E-state index is 12.4. The van der Waals surface area contributed by atoms with Gasteiger partial charge in [0.05, 0.1) is 11.4 Å². The molecule has 0 radical (unpaired) electrons. The number of benzene rings is 2. The van der Waals surface area contributed by atoms with Crippen molar-refractivity contribution in [3.05, 3.63) is 54.6 Å². The summed E-state index contributed by atoms with van der Waals surface area (Å²) in [6, 6.07) is 16.0. The molecule has 0 bridgehead atoms. The summed E-state index contributed by atoms with van der Waals surface area (Å²) in [7, 11) is 0. The van der Waals surface area contributed by atoms with Crippen molar-refractivity contribution in [3.63, 3.8) is 0 Å². The van der Waals surface area contributed by atoms with Gasteiger partial charge in [-0.15, -0.1) is 0 Å². The maximum atomic E-state index is 12.4. The highest BCUT2D eigenvalue weighted by molar-refractivity contribution is 6.09. The average molecular weight is 352 g/mol. The van der Waals surface area contributed by atoms with E-state index in [4.69, 9.17) is 0 Å². The van der Waals surface area contributed by atoms with Crippen LogP contribution in [0.5, 0.6) is 0 Å². The molecule has 4 amide bonds. The van der Waals surface area contributed by atoms with Crippen LogP contribution in [-0.2, 0) is 9.59 Å². The number of nitrogens with one attached hydrogen (secondary N) is 3. The molecule has 7 heteroatoms. The van der Waals surface area contributed by atoms with E-state index in [9.17, 15) is 14.4 Å². The molecule has 0 unspecified atom stereocenters. The summed E-state index contributed by atoms with van der Waals surface area (Å²) in [6.07, 6.45) is 0.804. The Bertz CT molecular complexity index is 807. The molecule has 1 heterocycles. The highest BCUT2D eigenvalue weighted by atomic mass is 16.2. The van der Waals surface area contributed by atoms with E-state index in [2.05, 4.69) is 16.0 Å². The van der Waals surface area contributed by atoms with E-state index in [0.29, 0.717) is 30.8 Å². The Morgan fingerprint density at radius 3 is 2.58 bits per heavy atom. The first-order valence-electron chi connectivity index (χ1n) is 8.42. The molecule has 0 spiro atoms. The molecule has 0 saturated heterocycles. The molecule has 2 aromatic carbocycles. The second-order valence-electron chi connectivity index (χ2n) is 5.90. The number of fused-ring (bicyclic) bond motifs is 1. The summed E-state index contributed by atoms with van der Waals surface area (Å²) in [5, 5.41) is 8.29. The first kappa shape index (κ1) is 17.5. The Kier molecular flexibility index (Phi) is 5.48. The van der Waals surface area contributed by atoms with Crippen molar-refractivity contribution in [1.82, 2.24) is 5.32 Å². The molecule has 1 aliphatic rings. The molecule has 0 aliphatic carbocycles. The first-order valence-corrected chi connectivity index (χ1v) is 8.42. The van der Waals surface area contributed by atoms with E-state index in [0.717, 1.165) is 5.69 Å². The fourth-order valence-electron chi connectivity index (χ4n) is 2.70. The molecule has 0 saturated carbocycles. The van der Waals surface area contributed by atoms with Gasteiger partial charge in [0.25, 0.3) is 0 Å². The molecular formula is C19H20N4O3. The van der Waals surface area contributed by atoms with Crippen molar-refractivity contribution in [1.29, 1.82) is 0 Å². The quantitative estimate of drug-likeness (QED) is 0.723. The number of hydrogen-bond acceptors (Lipinski definition) is 3. The first-order chi connectivity index (χ1) is 12.6. The predicted octanol–water partition coefficient (Wildman–Crippen LogP) is 2.57. The fourth-order valence-corrected chi connectivity index (χ4v) is 2.70. The van der Waals surface area contributed by atoms with Crippen LogP contribution in [0.1, 0.15) is 12.8 Å². The molecule has 0 atom stereocenters. The SMILES string of the molecule is O=C(CCCNC(=O)N1CC(=O)Nc2ccccc21)Nc1ccccc1. The van der Waals surface area contributed by atoms with Crippen LogP contribution in [0.4, 0.5) is 21.9 Å². The van der Waals surface area contributed by atoms with Crippen LogP contribution in [0, 0.1) is 0 Å². The molecule has 0 fully saturated rings. The number of carbonyl (C=O) groups is 3. The Labute approximate surface area is 151 Å². The van der Waals surface area contributed by atoms with Crippen LogP contribution >= 0.6 is 0 Å². The molecule has 134 valence electrons. The fraction of sp³-hybridized carbons (Fsp3) is 0.211. The number of amides is 4. The third-order valence-corrected chi connectivity index (χ3v) is 3.93. The van der Waals surface area contributed by atoms with Crippen LogP contribution in [0.3, 0.4) is 0 Å². The lowest BCUT2D eigenvalue weighted by atomic mass is 10.2. The number of urea groups is 1. The third kappa shape index (κ3) is 4.38. The molecular weight excluding hydrogens is 332 g/mol. The zero-order valence-corrected chi connectivity index (χ0v) is 14.2. The summed E-state index contributed by atoms with van der Waals surface area (Å²) >= 11 is 0. The van der Waals surface area contributed by atoms with Crippen LogP contribution in [0.15, 0.2) is 54.6 Å². The molecule has 3 rings (SSSR count). The second-order valence-corrected chi connectivity index (χ2v) is 5.90. The Balaban J connectivity index is 1.46. The van der Waals surface area contributed by atoms with Gasteiger partial charge in [0.1, 0.15) is 6.54 Å². The van der Waals surface area contributed by atoms with E-state index in [1.807, 2.05) is 36.4 Å². The summed E-state index contributed by atoms with van der Waals surface area (Å²) in [5.74, 6) is -0.339. The summed E-state index contributed by atoms with van der Waals surface area (Å²) < 4.78 is 0. The molecule has 2 aromatic rings. The number of rotatable bonds is 5. The normalized spacial score (nSPS) is 12.8. The number of para-hydroxylation sites is 3. The van der Waals surface area contributed by atoms with Crippen molar-refractivity contribution >= 4 is 34.9 Å². The largest absolute Gasteiger partial charge is 0.338 e. The zero-order valence-electron chi connectivity index (χ0n) is 14.2. The highest BCUT2D eigenvalue weighted by Gasteiger charge is 2.26. The highest BCUT2D eigenvalue weighted by Crippen LogP contribution is 2.28. The van der Waals surface area contributed by atoms with Gasteiger partial charge in [0.15, 0.2) is 0 Å². The third-order valence-electron chi connectivity index (χ3n) is 3.93. The van der Waals surface area contributed by atoms with Crippen molar-refractivity contribution in [3.8, 4) is 0 Å². The number of hydrogen-bond donors (Lipinski definition) is 3. The zero-order chi connectivity index (χ0) is 18.4. The molecule has 26 heavy (non-hydrogen) atoms. The lowest BCUT2D eigenvalue weighted by molar-refractivity contribution is -0.116. The number of anilines is 3. The monoisotopic (exact) mass is 352 g/mol. The van der Waals surface area contributed by atoms with E-state index >= 15 is 0 Å². The van der Waals surface area contributed by atoms with Crippen molar-refractivity contribution in [2.24, 2.45) is 0 Å². The molecule has 7 nitrogen and oxygen atoms in total. The summed E-state index contributed by atoms with van der Waals surface area (Å²) in [5.41, 5.74) is 2.02. The molecule has 3 N–H and O–H groups in total. The van der Waals surface area contributed by atoms with Gasteiger partial charge in [-0.05, 0) is 30.7 Å². The average Bonchev–Trinajstić information content (AvgIpc) is 2.65. The smallest absolute Gasteiger partial charge is 0.322 e. The van der Waals surface area contributed by atoms with Gasteiger partial charge in [0, 0.05) is 18.7 Å². The van der Waals surface area contributed by atoms with Gasteiger partial charge in [-0.2, -0.15) is 0 Å². The van der Waals surface area contributed by atoms with E-state index in [1.54, 1.807) is 18.2 Å². The minimum absolute atomic E-state index is 0.0304. The van der Waals surface area contributed by atoms with Crippen molar-refractivity contribution in [2.75, 3.05) is 28.6 Å². The second kappa shape index (κ2) is 8.15. The Morgan fingerprint density at radius 1 is 1.04 bits per heavy atom. The molecule has 0 aromatic heterocycles. The van der Waals surface area contributed by atoms with Gasteiger partial charge < -0.3 is 16.0 Å². The lowest BCUT2D eigenvalue weighted by Gasteiger charge is -2.29. The van der Waals surface area contributed by atoms with Crippen LogP contribution in [0.2, 0.25) is 0 Å². The van der Waals surface area contributed by atoms with Gasteiger partial charge in [-0.3, -0.25) is 14.5 Å². The van der Waals surface area contributed by atoms with E-state index in [1.165, 1.54) is 4.90 Å². The molecule has 1 aliphatic heterocycles. The standard InChI is InChI=1S/C19H20N4O3/c24-17(21-14-7-2-1-3-8-14)11-6-12-20-19(26)23-13-18(25)22-15-9-4-5-10-16(15)23/h1-5,7-10H,6,11-13H2,(H,20,26)(H,21,24)(H,22,25). The minimum atomic E-state index is -0.351. The van der Waals surface area contributed by atoms with Crippen LogP contribution < -0.4 is 20.9 Å². The van der Waals surface area contributed by atoms with Gasteiger partial charge in [-0.1, -0.05) is 30.3 Å². The van der Waals surface area contributed by atoms with Crippen LogP contribution in [-0.4, -0.2) is 30.9 Å². The van der Waals surface area contributed by atoms with Gasteiger partial charge in [0.2, 0.25) is 11.8 Å². The van der Waals surface area contributed by atoms with Crippen molar-refractivity contribution in [2.45, 2.75) is 12.8 Å². The Morgan fingerprint density at radius 2 is 1.77 bits per heavy atom. The lowest BCUT2D eigenvalue weighted by Crippen LogP contribution is -2.47. The number of nitrogens with zero attached hydrogens (tertiary/aromatic N) is 1. The summed E-state index contributed by atoms with van der Waals surface area (Å²) in [6.45, 7) is 0.318. The van der Waals surface area contributed by atoms with E-state index < -0.39 is 0 Å². The van der Waals surface area contributed by atoms with E-state index in [-0.39, 0.29) is 24.4 Å². The van der Waals surface area contributed by atoms with Gasteiger partial charge in [-0.25, -0.2) is 4.79 Å². The predicted molar refractivity (Wildman–Crippen MR) is 100 cm³/mol. The van der Waals surface area contributed by atoms with Gasteiger partial charge >= 0.3 is 6.03 Å². The minimum Gasteiger partial charge on any atom is -0.338 e. The maximum Gasteiger partial charge on any atom is 0.322 e. The van der Waals surface area contributed by atoms with Crippen molar-refractivity contribution < 1.29 is 14.4 Å². The topological polar surface area (TPSA) is 90.5 Å².